The second-order valence-electron chi connectivity index (χ2n) is 3.49. The number of nitrogens with zero attached hydrogens (tertiary/aromatic N) is 1. The van der Waals surface area contributed by atoms with Crippen molar-refractivity contribution in [2.75, 3.05) is 13.6 Å². The molecular formula is C8H13NO. The van der Waals surface area contributed by atoms with Crippen molar-refractivity contribution < 1.29 is 4.79 Å². The van der Waals surface area contributed by atoms with Crippen LogP contribution < -0.4 is 0 Å². The van der Waals surface area contributed by atoms with Crippen LogP contribution in [0.25, 0.3) is 0 Å². The zero-order valence-corrected chi connectivity index (χ0v) is 6.29. The van der Waals surface area contributed by atoms with Gasteiger partial charge in [-0.2, -0.15) is 0 Å². The number of carbonyl (C=O) groups is 1. The van der Waals surface area contributed by atoms with Crippen LogP contribution in [0.15, 0.2) is 0 Å². The van der Waals surface area contributed by atoms with Gasteiger partial charge < -0.3 is 9.69 Å². The lowest BCUT2D eigenvalue weighted by Gasteiger charge is -2.20. The highest BCUT2D eigenvalue weighted by atomic mass is 16.1. The van der Waals surface area contributed by atoms with E-state index in [4.69, 9.17) is 0 Å². The average Bonchev–Trinajstić information content (AvgIpc) is 2.63. The molecule has 0 aromatic carbocycles. The topological polar surface area (TPSA) is 20.3 Å². The van der Waals surface area contributed by atoms with E-state index in [1.54, 1.807) is 0 Å². The molecule has 2 heteroatoms. The fourth-order valence-corrected chi connectivity index (χ4v) is 2.27. The average molecular weight is 139 g/mol. The summed E-state index contributed by atoms with van der Waals surface area (Å²) >= 11 is 0. The van der Waals surface area contributed by atoms with Gasteiger partial charge in [0.2, 0.25) is 0 Å². The predicted octanol–water partition coefficient (Wildman–Crippen LogP) is 0.525. The molecule has 1 saturated heterocycles. The van der Waals surface area contributed by atoms with Crippen LogP contribution in [0.4, 0.5) is 0 Å². The number of hydrogen-bond donors (Lipinski definition) is 0. The molecule has 0 aromatic heterocycles. The molecule has 1 unspecified atom stereocenters. The highest BCUT2D eigenvalue weighted by molar-refractivity contribution is 5.61. The summed E-state index contributed by atoms with van der Waals surface area (Å²) in [4.78, 5) is 12.8. The minimum absolute atomic E-state index is 0.382. The highest BCUT2D eigenvalue weighted by Gasteiger charge is 2.53. The summed E-state index contributed by atoms with van der Waals surface area (Å²) < 4.78 is 0. The van der Waals surface area contributed by atoms with Crippen molar-refractivity contribution in [3.05, 3.63) is 0 Å². The molecule has 0 spiro atoms. The van der Waals surface area contributed by atoms with Crippen molar-refractivity contribution in [2.24, 2.45) is 11.8 Å². The Kier molecular flexibility index (Phi) is 1.31. The first-order valence-electron chi connectivity index (χ1n) is 4.00. The molecule has 1 heterocycles. The third kappa shape index (κ3) is 0.717. The summed E-state index contributed by atoms with van der Waals surface area (Å²) in [5, 5.41) is 0. The third-order valence-corrected chi connectivity index (χ3v) is 2.90. The zero-order chi connectivity index (χ0) is 7.14. The summed E-state index contributed by atoms with van der Waals surface area (Å²) in [6.45, 7) is 1.19. The molecular weight excluding hydrogens is 126 g/mol. The van der Waals surface area contributed by atoms with Crippen molar-refractivity contribution in [3.8, 4) is 0 Å². The summed E-state index contributed by atoms with van der Waals surface area (Å²) in [7, 11) is 2.13. The minimum atomic E-state index is 0.382. The van der Waals surface area contributed by atoms with Crippen molar-refractivity contribution in [1.82, 2.24) is 4.90 Å². The van der Waals surface area contributed by atoms with E-state index in [-0.39, 0.29) is 0 Å². The lowest BCUT2D eigenvalue weighted by Crippen LogP contribution is -2.27. The number of carbonyl (C=O) groups excluding carboxylic acids is 1. The third-order valence-electron chi connectivity index (χ3n) is 2.90. The van der Waals surface area contributed by atoms with Gasteiger partial charge in [-0.15, -0.1) is 0 Å². The van der Waals surface area contributed by atoms with E-state index in [1.807, 2.05) is 0 Å². The molecule has 0 bridgehead atoms. The van der Waals surface area contributed by atoms with Crippen LogP contribution in [0.2, 0.25) is 0 Å². The van der Waals surface area contributed by atoms with Gasteiger partial charge in [0.25, 0.3) is 0 Å². The van der Waals surface area contributed by atoms with Crippen LogP contribution in [0.5, 0.6) is 0 Å². The van der Waals surface area contributed by atoms with E-state index in [0.29, 0.717) is 12.0 Å². The monoisotopic (exact) mass is 139 g/mol. The molecule has 56 valence electrons. The molecule has 1 aliphatic carbocycles. The Morgan fingerprint density at radius 3 is 3.00 bits per heavy atom. The lowest BCUT2D eigenvalue weighted by molar-refractivity contribution is -0.109. The molecule has 1 saturated carbocycles. The quantitative estimate of drug-likeness (QED) is 0.494. The second kappa shape index (κ2) is 2.06. The summed E-state index contributed by atoms with van der Waals surface area (Å²) in [6.07, 6.45) is 3.69. The Morgan fingerprint density at radius 2 is 2.40 bits per heavy atom. The first-order chi connectivity index (χ1) is 4.84. The summed E-state index contributed by atoms with van der Waals surface area (Å²) in [6, 6.07) is 0.617. The summed E-state index contributed by atoms with van der Waals surface area (Å²) in [5.41, 5.74) is 0. The molecule has 0 radical (unpaired) electrons. The number of fused-ring (bicyclic) bond motifs is 1. The Hall–Kier alpha value is -0.370. The minimum Gasteiger partial charge on any atom is -0.303 e. The normalized spacial score (nSPS) is 46.3. The van der Waals surface area contributed by atoms with E-state index in [1.165, 1.54) is 19.4 Å². The van der Waals surface area contributed by atoms with Gasteiger partial charge in [0, 0.05) is 12.0 Å². The molecule has 3 atom stereocenters. The van der Waals surface area contributed by atoms with Gasteiger partial charge in [0.1, 0.15) is 6.29 Å². The largest absolute Gasteiger partial charge is 0.303 e. The highest BCUT2D eigenvalue weighted by Crippen LogP contribution is 2.47. The van der Waals surface area contributed by atoms with Gasteiger partial charge in [-0.1, -0.05) is 0 Å². The molecule has 2 fully saturated rings. The maximum absolute atomic E-state index is 10.5. The molecule has 10 heavy (non-hydrogen) atoms. The van der Waals surface area contributed by atoms with Gasteiger partial charge in [-0.25, -0.2) is 0 Å². The fourth-order valence-electron chi connectivity index (χ4n) is 2.27. The zero-order valence-electron chi connectivity index (χ0n) is 6.29. The van der Waals surface area contributed by atoms with Gasteiger partial charge in [-0.3, -0.25) is 0 Å². The molecule has 2 nitrogen and oxygen atoms in total. The smallest absolute Gasteiger partial charge is 0.124 e. The lowest BCUT2D eigenvalue weighted by atomic mass is 10.1. The van der Waals surface area contributed by atoms with E-state index < -0.39 is 0 Å². The van der Waals surface area contributed by atoms with Crippen LogP contribution in [0.1, 0.15) is 12.8 Å². The number of hydrogen-bond acceptors (Lipinski definition) is 2. The molecule has 0 N–H and O–H groups in total. The van der Waals surface area contributed by atoms with E-state index in [9.17, 15) is 4.79 Å². The van der Waals surface area contributed by atoms with Crippen LogP contribution in [0, 0.1) is 11.8 Å². The number of likely N-dealkylation sites (tertiary alicyclic amines) is 1. The molecule has 0 aromatic rings. The van der Waals surface area contributed by atoms with E-state index in [0.717, 1.165) is 12.2 Å². The maximum Gasteiger partial charge on any atom is 0.124 e. The van der Waals surface area contributed by atoms with Gasteiger partial charge in [0.15, 0.2) is 0 Å². The van der Waals surface area contributed by atoms with Crippen molar-refractivity contribution in [3.63, 3.8) is 0 Å². The Balaban J connectivity index is 2.03. The van der Waals surface area contributed by atoms with Gasteiger partial charge in [-0.05, 0) is 32.4 Å². The molecule has 1 aliphatic heterocycles. The molecule has 0 amide bonds. The van der Waals surface area contributed by atoms with E-state index >= 15 is 0 Å². The van der Waals surface area contributed by atoms with Crippen molar-refractivity contribution >= 4 is 6.29 Å². The summed E-state index contributed by atoms with van der Waals surface area (Å²) in [5.74, 6) is 1.10. The Bertz CT molecular complexity index is 157. The van der Waals surface area contributed by atoms with Gasteiger partial charge >= 0.3 is 0 Å². The number of rotatable bonds is 1. The standard InChI is InChI=1S/C8H13NO/c1-9-4-2-3-6-7(5-10)8(6)9/h5-8H,2-4H2,1H3/t6-,7?,8-/m1/s1. The van der Waals surface area contributed by atoms with Crippen LogP contribution in [-0.2, 0) is 4.79 Å². The molecule has 2 rings (SSSR count). The first-order valence-corrected chi connectivity index (χ1v) is 4.00. The van der Waals surface area contributed by atoms with Crippen molar-refractivity contribution in [2.45, 2.75) is 18.9 Å². The Morgan fingerprint density at radius 1 is 1.60 bits per heavy atom. The van der Waals surface area contributed by atoms with Crippen LogP contribution in [-0.4, -0.2) is 30.8 Å². The fraction of sp³-hybridized carbons (Fsp3) is 0.875. The van der Waals surface area contributed by atoms with Crippen LogP contribution in [0.3, 0.4) is 0 Å². The number of aldehydes is 1. The second-order valence-corrected chi connectivity index (χ2v) is 3.49. The van der Waals surface area contributed by atoms with Gasteiger partial charge in [0.05, 0.1) is 0 Å². The predicted molar refractivity (Wildman–Crippen MR) is 38.7 cm³/mol. The van der Waals surface area contributed by atoms with Crippen LogP contribution >= 0.6 is 0 Å². The van der Waals surface area contributed by atoms with Crippen molar-refractivity contribution in [1.29, 1.82) is 0 Å². The maximum atomic E-state index is 10.5. The Labute approximate surface area is 61.2 Å². The van der Waals surface area contributed by atoms with E-state index in [2.05, 4.69) is 11.9 Å². The number of piperidine rings is 1. The molecule has 2 aliphatic rings. The SMILES string of the molecule is CN1CCC[C@@H]2C(C=O)[C@@H]21. The first kappa shape index (κ1) is 6.35.